The Labute approximate surface area is 280 Å². The monoisotopic (exact) mass is 652 g/mol. The zero-order valence-electron chi connectivity index (χ0n) is 29.5. The van der Waals surface area contributed by atoms with Crippen LogP contribution in [0.5, 0.6) is 0 Å². The number of Topliss-reactive ketones (excluding diaryl/α,β-unsaturated/α-hetero) is 1. The molecule has 8 nitrogen and oxygen atoms in total. The zero-order chi connectivity index (χ0) is 34.0. The van der Waals surface area contributed by atoms with Gasteiger partial charge in [0.2, 0.25) is 0 Å². The fourth-order valence-electron chi connectivity index (χ4n) is 6.22. The molecule has 1 aliphatic rings. The number of unbranched alkanes of at least 4 members (excludes halogenated alkanes) is 13. The van der Waals surface area contributed by atoms with Gasteiger partial charge in [-0.25, -0.2) is 0 Å². The van der Waals surface area contributed by atoms with Crippen LogP contribution in [0.3, 0.4) is 0 Å². The molecule has 8 heteroatoms. The smallest absolute Gasteiger partial charge is 0.306 e. The van der Waals surface area contributed by atoms with E-state index in [-0.39, 0.29) is 43.0 Å². The van der Waals surface area contributed by atoms with Crippen molar-refractivity contribution in [2.45, 2.75) is 180 Å². The van der Waals surface area contributed by atoms with Gasteiger partial charge in [0, 0.05) is 31.1 Å². The van der Waals surface area contributed by atoms with Crippen LogP contribution in [0.1, 0.15) is 162 Å². The van der Waals surface area contributed by atoms with Crippen LogP contribution in [0.4, 0.5) is 0 Å². The number of esters is 2. The first kappa shape index (κ1) is 42.3. The highest BCUT2D eigenvalue weighted by Crippen LogP contribution is 2.34. The SMILES string of the molecule is CCCCC[C@H](O)/C=C/[C@H]1[C@H](O)CC(=O)[C@@H]1CCCCCCC(=O)O[C@@H](CO)COC(=O)CCCCCCCCCCCC(C)C. The van der Waals surface area contributed by atoms with Gasteiger partial charge < -0.3 is 24.8 Å². The molecule has 0 aromatic carbocycles. The second kappa shape index (κ2) is 27.2. The number of carbonyl (C=O) groups excluding carboxylic acids is 3. The molecule has 0 amide bonds. The summed E-state index contributed by atoms with van der Waals surface area (Å²) in [5, 5.41) is 30.1. The van der Waals surface area contributed by atoms with Crippen LogP contribution in [-0.2, 0) is 23.9 Å². The number of carbonyl (C=O) groups is 3. The van der Waals surface area contributed by atoms with Gasteiger partial charge in [-0.2, -0.15) is 0 Å². The van der Waals surface area contributed by atoms with E-state index in [1.807, 2.05) is 6.08 Å². The fraction of sp³-hybridized carbons (Fsp3) is 0.868. The van der Waals surface area contributed by atoms with Crippen LogP contribution in [0.2, 0.25) is 0 Å². The molecular formula is C38H68O8. The first-order valence-electron chi connectivity index (χ1n) is 18.7. The number of hydrogen-bond donors (Lipinski definition) is 3. The molecule has 0 spiro atoms. The molecule has 0 bridgehead atoms. The Kier molecular flexibility index (Phi) is 25.0. The van der Waals surface area contributed by atoms with Gasteiger partial charge in [0.05, 0.1) is 18.8 Å². The number of aliphatic hydroxyl groups is 3. The molecule has 1 saturated carbocycles. The van der Waals surface area contributed by atoms with Crippen molar-refractivity contribution in [3.05, 3.63) is 12.2 Å². The number of hydrogen-bond acceptors (Lipinski definition) is 8. The Morgan fingerprint density at radius 2 is 1.39 bits per heavy atom. The van der Waals surface area contributed by atoms with Gasteiger partial charge in [-0.1, -0.05) is 129 Å². The molecule has 0 aliphatic heterocycles. The fourth-order valence-corrected chi connectivity index (χ4v) is 6.22. The lowest BCUT2D eigenvalue weighted by molar-refractivity contribution is -0.161. The third kappa shape index (κ3) is 21.2. The Bertz CT molecular complexity index is 826. The van der Waals surface area contributed by atoms with Crippen molar-refractivity contribution in [2.24, 2.45) is 17.8 Å². The van der Waals surface area contributed by atoms with Crippen molar-refractivity contribution in [1.82, 2.24) is 0 Å². The van der Waals surface area contributed by atoms with E-state index in [4.69, 9.17) is 9.47 Å². The van der Waals surface area contributed by atoms with E-state index in [9.17, 15) is 29.7 Å². The number of rotatable bonds is 29. The molecule has 5 atom stereocenters. The normalized spacial score (nSPS) is 19.6. The van der Waals surface area contributed by atoms with E-state index in [1.54, 1.807) is 6.08 Å². The van der Waals surface area contributed by atoms with E-state index < -0.39 is 30.9 Å². The molecular weight excluding hydrogens is 584 g/mol. The third-order valence-electron chi connectivity index (χ3n) is 9.13. The third-order valence-corrected chi connectivity index (χ3v) is 9.13. The summed E-state index contributed by atoms with van der Waals surface area (Å²) < 4.78 is 10.5. The first-order valence-corrected chi connectivity index (χ1v) is 18.7. The van der Waals surface area contributed by atoms with E-state index in [0.29, 0.717) is 25.7 Å². The molecule has 0 radical (unpaired) electrons. The van der Waals surface area contributed by atoms with Crippen molar-refractivity contribution in [3.63, 3.8) is 0 Å². The largest absolute Gasteiger partial charge is 0.462 e. The van der Waals surface area contributed by atoms with Crippen molar-refractivity contribution in [1.29, 1.82) is 0 Å². The molecule has 0 unspecified atom stereocenters. The lowest BCUT2D eigenvalue weighted by Gasteiger charge is -2.18. The average Bonchev–Trinajstić information content (AvgIpc) is 3.29. The second-order valence-corrected chi connectivity index (χ2v) is 13.9. The summed E-state index contributed by atoms with van der Waals surface area (Å²) in [4.78, 5) is 36.8. The minimum absolute atomic E-state index is 0.0792. The van der Waals surface area contributed by atoms with Gasteiger partial charge in [0.25, 0.3) is 0 Å². The maximum Gasteiger partial charge on any atom is 0.306 e. The number of ketones is 1. The number of aliphatic hydroxyl groups excluding tert-OH is 3. The van der Waals surface area contributed by atoms with Gasteiger partial charge in [-0.15, -0.1) is 0 Å². The van der Waals surface area contributed by atoms with Crippen LogP contribution in [0.25, 0.3) is 0 Å². The van der Waals surface area contributed by atoms with Crippen LogP contribution < -0.4 is 0 Å². The molecule has 0 aromatic rings. The molecule has 1 fully saturated rings. The van der Waals surface area contributed by atoms with Crippen LogP contribution >= 0.6 is 0 Å². The van der Waals surface area contributed by atoms with Crippen molar-refractivity contribution in [2.75, 3.05) is 13.2 Å². The Morgan fingerprint density at radius 1 is 0.826 bits per heavy atom. The van der Waals surface area contributed by atoms with E-state index >= 15 is 0 Å². The maximum absolute atomic E-state index is 12.5. The summed E-state index contributed by atoms with van der Waals surface area (Å²) >= 11 is 0. The van der Waals surface area contributed by atoms with Crippen LogP contribution in [0, 0.1) is 17.8 Å². The van der Waals surface area contributed by atoms with E-state index in [0.717, 1.165) is 63.7 Å². The Balaban J connectivity index is 2.12. The minimum atomic E-state index is -0.855. The average molecular weight is 653 g/mol. The molecule has 0 saturated heterocycles. The standard InChI is InChI=1S/C38H68O8/c1-4-5-15-21-31(40)25-26-34-33(35(41)27-36(34)42)22-17-13-14-19-24-38(44)46-32(28-39)29-45-37(43)23-18-12-10-8-6-7-9-11-16-20-30(2)3/h25-26,30-34,36,39-40,42H,4-24,27-29H2,1-3H3/b26-25+/t31-,32-,33+,34+,36+/m0/s1. The summed E-state index contributed by atoms with van der Waals surface area (Å²) in [5.74, 6) is -0.354. The van der Waals surface area contributed by atoms with Crippen molar-refractivity contribution in [3.8, 4) is 0 Å². The predicted octanol–water partition coefficient (Wildman–Crippen LogP) is 7.78. The van der Waals surface area contributed by atoms with Gasteiger partial charge in [-0.3, -0.25) is 14.4 Å². The quantitative estimate of drug-likeness (QED) is 0.0424. The predicted molar refractivity (Wildman–Crippen MR) is 183 cm³/mol. The zero-order valence-corrected chi connectivity index (χ0v) is 29.5. The summed E-state index contributed by atoms with van der Waals surface area (Å²) in [5.41, 5.74) is 0. The lowest BCUT2D eigenvalue weighted by Crippen LogP contribution is -2.28. The molecule has 1 rings (SSSR count). The summed E-state index contributed by atoms with van der Waals surface area (Å²) in [7, 11) is 0. The first-order chi connectivity index (χ1) is 22.2. The molecule has 0 heterocycles. The van der Waals surface area contributed by atoms with Crippen LogP contribution in [-0.4, -0.2) is 64.6 Å². The summed E-state index contributed by atoms with van der Waals surface area (Å²) in [6, 6.07) is 0. The highest BCUT2D eigenvalue weighted by Gasteiger charge is 2.39. The van der Waals surface area contributed by atoms with Crippen molar-refractivity contribution < 1.29 is 39.2 Å². The van der Waals surface area contributed by atoms with E-state index in [2.05, 4.69) is 20.8 Å². The minimum Gasteiger partial charge on any atom is -0.462 e. The van der Waals surface area contributed by atoms with Gasteiger partial charge in [0.15, 0.2) is 6.10 Å². The van der Waals surface area contributed by atoms with Crippen molar-refractivity contribution >= 4 is 17.7 Å². The highest BCUT2D eigenvalue weighted by atomic mass is 16.6. The summed E-state index contributed by atoms with van der Waals surface area (Å²) in [6.45, 7) is 6.14. The summed E-state index contributed by atoms with van der Waals surface area (Å²) in [6.07, 6.45) is 21.7. The molecule has 3 N–H and O–H groups in total. The topological polar surface area (TPSA) is 130 Å². The highest BCUT2D eigenvalue weighted by molar-refractivity contribution is 5.84. The van der Waals surface area contributed by atoms with E-state index in [1.165, 1.54) is 44.9 Å². The van der Waals surface area contributed by atoms with Crippen LogP contribution in [0.15, 0.2) is 12.2 Å². The second-order valence-electron chi connectivity index (χ2n) is 13.9. The molecule has 1 aliphatic carbocycles. The Morgan fingerprint density at radius 3 is 2.00 bits per heavy atom. The number of ether oxygens (including phenoxy) is 2. The lowest BCUT2D eigenvalue weighted by atomic mass is 9.88. The van der Waals surface area contributed by atoms with Gasteiger partial charge in [0.1, 0.15) is 12.4 Å². The molecule has 0 aromatic heterocycles. The molecule has 46 heavy (non-hydrogen) atoms. The van der Waals surface area contributed by atoms with Gasteiger partial charge >= 0.3 is 11.9 Å². The Hall–Kier alpha value is -1.77. The van der Waals surface area contributed by atoms with Gasteiger partial charge in [-0.05, 0) is 31.6 Å². The maximum atomic E-state index is 12.5. The molecule has 268 valence electrons.